The number of carboxylic acid groups (broad SMARTS) is 1. The molecule has 32 heavy (non-hydrogen) atoms. The fourth-order valence-electron chi connectivity index (χ4n) is 3.64. The third kappa shape index (κ3) is 3.38. The topological polar surface area (TPSA) is 111 Å². The van der Waals surface area contributed by atoms with Crippen LogP contribution in [0.15, 0.2) is 59.6 Å². The van der Waals surface area contributed by atoms with E-state index in [-0.39, 0.29) is 0 Å². The lowest BCUT2D eigenvalue weighted by molar-refractivity contribution is 0.198. The fraction of sp³-hybridized carbons (Fsp3) is 0.0909. The molecule has 5 aromatic rings. The number of carbonyl (C=O) groups is 1. The molecular formula is C22H17ClN6O3. The predicted octanol–water partition coefficient (Wildman–Crippen LogP) is 5.32. The van der Waals surface area contributed by atoms with Gasteiger partial charge in [0, 0.05) is 42.0 Å². The van der Waals surface area contributed by atoms with Crippen LogP contribution in [-0.2, 0) is 7.05 Å². The highest BCUT2D eigenvalue weighted by molar-refractivity contribution is 6.33. The summed E-state index contributed by atoms with van der Waals surface area (Å²) in [5.74, 6) is 1.17. The first kappa shape index (κ1) is 19.8. The zero-order valence-electron chi connectivity index (χ0n) is 17.1. The van der Waals surface area contributed by atoms with E-state index < -0.39 is 6.09 Å². The number of anilines is 2. The van der Waals surface area contributed by atoms with Crippen LogP contribution in [0.25, 0.3) is 33.3 Å². The smallest absolute Gasteiger partial charge is 0.416 e. The van der Waals surface area contributed by atoms with E-state index in [1.54, 1.807) is 48.6 Å². The van der Waals surface area contributed by atoms with Crippen molar-refractivity contribution in [1.29, 1.82) is 0 Å². The summed E-state index contributed by atoms with van der Waals surface area (Å²) in [5.41, 5.74) is 4.09. The van der Waals surface area contributed by atoms with Crippen LogP contribution in [0.1, 0.15) is 5.76 Å². The van der Waals surface area contributed by atoms with Gasteiger partial charge in [-0.2, -0.15) is 5.10 Å². The number of rotatable bonds is 4. The predicted molar refractivity (Wildman–Crippen MR) is 120 cm³/mol. The second-order valence-corrected chi connectivity index (χ2v) is 7.70. The van der Waals surface area contributed by atoms with Crippen molar-refractivity contribution in [2.45, 2.75) is 6.92 Å². The summed E-state index contributed by atoms with van der Waals surface area (Å²) in [4.78, 5) is 16.5. The number of nitrogens with zero attached hydrogens (tertiary/aromatic N) is 5. The summed E-state index contributed by atoms with van der Waals surface area (Å²) in [6.07, 6.45) is 5.56. The first-order valence-corrected chi connectivity index (χ1v) is 10.0. The second kappa shape index (κ2) is 7.54. The van der Waals surface area contributed by atoms with Gasteiger partial charge in [-0.05, 0) is 30.7 Å². The van der Waals surface area contributed by atoms with E-state index in [0.29, 0.717) is 44.4 Å². The maximum absolute atomic E-state index is 12.0. The highest BCUT2D eigenvalue weighted by Gasteiger charge is 2.18. The monoisotopic (exact) mass is 448 g/mol. The van der Waals surface area contributed by atoms with E-state index in [0.717, 1.165) is 11.1 Å². The number of benzene rings is 1. The molecule has 0 amide bonds. The summed E-state index contributed by atoms with van der Waals surface area (Å²) in [5, 5.41) is 22.1. The van der Waals surface area contributed by atoms with Crippen LogP contribution in [0.4, 0.5) is 16.3 Å². The second-order valence-electron chi connectivity index (χ2n) is 7.29. The molecule has 160 valence electrons. The molecule has 0 aliphatic rings. The number of nitrogens with one attached hydrogen (secondary N) is 1. The average Bonchev–Trinajstić information content (AvgIpc) is 3.47. The minimum Gasteiger partial charge on any atom is -0.464 e. The number of fused-ring (bicyclic) bond motifs is 1. The number of halogens is 1. The molecule has 5 rings (SSSR count). The Labute approximate surface area is 186 Å². The fourth-order valence-corrected chi connectivity index (χ4v) is 3.87. The van der Waals surface area contributed by atoms with Gasteiger partial charge >= 0.3 is 6.09 Å². The molecule has 0 saturated carbocycles. The molecule has 10 heteroatoms. The average molecular weight is 449 g/mol. The minimum atomic E-state index is -1.09. The normalized spacial score (nSPS) is 11.2. The van der Waals surface area contributed by atoms with Gasteiger partial charge < -0.3 is 14.9 Å². The van der Waals surface area contributed by atoms with Crippen molar-refractivity contribution in [3.63, 3.8) is 0 Å². The van der Waals surface area contributed by atoms with E-state index in [9.17, 15) is 9.90 Å². The third-order valence-corrected chi connectivity index (χ3v) is 5.48. The molecule has 0 aliphatic carbocycles. The zero-order chi connectivity index (χ0) is 22.4. The van der Waals surface area contributed by atoms with E-state index in [1.165, 1.54) is 4.57 Å². The molecule has 0 aliphatic heterocycles. The SMILES string of the molecule is Cc1oncc1-c1ccc(Nc2cc3c(cn2)cc(-c2cnn(C)c2)n3C(=O)O)c(Cl)c1. The Morgan fingerprint density at radius 1 is 1.16 bits per heavy atom. The molecule has 2 N–H and O–H groups in total. The van der Waals surface area contributed by atoms with Crippen molar-refractivity contribution < 1.29 is 14.4 Å². The van der Waals surface area contributed by atoms with Gasteiger partial charge in [0.05, 0.1) is 34.3 Å². The molecular weight excluding hydrogens is 432 g/mol. The van der Waals surface area contributed by atoms with Crippen LogP contribution in [0.3, 0.4) is 0 Å². The number of hydrogen-bond donors (Lipinski definition) is 2. The van der Waals surface area contributed by atoms with E-state index in [1.807, 2.05) is 25.1 Å². The first-order chi connectivity index (χ1) is 15.4. The number of aryl methyl sites for hydroxylation is 2. The van der Waals surface area contributed by atoms with E-state index >= 15 is 0 Å². The molecule has 0 radical (unpaired) electrons. The lowest BCUT2D eigenvalue weighted by Crippen LogP contribution is -2.09. The van der Waals surface area contributed by atoms with Gasteiger partial charge in [-0.1, -0.05) is 22.8 Å². The van der Waals surface area contributed by atoms with Crippen molar-refractivity contribution >= 4 is 40.1 Å². The maximum Gasteiger partial charge on any atom is 0.416 e. The van der Waals surface area contributed by atoms with Crippen molar-refractivity contribution in [3.05, 3.63) is 65.9 Å². The molecule has 0 spiro atoms. The molecule has 0 atom stereocenters. The molecule has 4 aromatic heterocycles. The standard InChI is InChI=1S/C22H17ClN6O3/c1-12-16(10-26-32-12)13-3-4-18(17(23)5-13)27-21-7-20-14(8-24-21)6-19(29(20)22(30)31)15-9-25-28(2)11-15/h3-11H,1-2H3,(H,24,27)(H,30,31). The summed E-state index contributed by atoms with van der Waals surface area (Å²) >= 11 is 6.49. The van der Waals surface area contributed by atoms with Gasteiger partial charge in [-0.15, -0.1) is 0 Å². The summed E-state index contributed by atoms with van der Waals surface area (Å²) in [7, 11) is 1.78. The van der Waals surface area contributed by atoms with Crippen LogP contribution in [0, 0.1) is 6.92 Å². The Bertz CT molecular complexity index is 1480. The maximum atomic E-state index is 12.0. The van der Waals surface area contributed by atoms with Crippen molar-refractivity contribution in [2.24, 2.45) is 7.05 Å². The molecule has 0 unspecified atom stereocenters. The van der Waals surface area contributed by atoms with E-state index in [2.05, 4.69) is 20.6 Å². The minimum absolute atomic E-state index is 0.464. The number of pyridine rings is 1. The van der Waals surface area contributed by atoms with Crippen molar-refractivity contribution in [3.8, 4) is 22.4 Å². The molecule has 1 aromatic carbocycles. The van der Waals surface area contributed by atoms with Gasteiger partial charge in [0.1, 0.15) is 11.6 Å². The highest BCUT2D eigenvalue weighted by Crippen LogP contribution is 2.33. The summed E-state index contributed by atoms with van der Waals surface area (Å²) in [6, 6.07) is 8.99. The summed E-state index contributed by atoms with van der Waals surface area (Å²) < 4.78 is 7.96. The summed E-state index contributed by atoms with van der Waals surface area (Å²) in [6.45, 7) is 1.83. The van der Waals surface area contributed by atoms with Gasteiger partial charge in [-0.25, -0.2) is 14.3 Å². The van der Waals surface area contributed by atoms with Gasteiger partial charge in [0.15, 0.2) is 0 Å². The quantitative estimate of drug-likeness (QED) is 0.382. The first-order valence-electron chi connectivity index (χ1n) is 9.63. The highest BCUT2D eigenvalue weighted by atomic mass is 35.5. The largest absolute Gasteiger partial charge is 0.464 e. The lowest BCUT2D eigenvalue weighted by Gasteiger charge is -2.10. The van der Waals surface area contributed by atoms with E-state index in [4.69, 9.17) is 16.1 Å². The molecule has 0 fully saturated rings. The molecule has 0 saturated heterocycles. The molecule has 0 bridgehead atoms. The Kier molecular flexibility index (Phi) is 4.67. The van der Waals surface area contributed by atoms with Gasteiger partial charge in [0.2, 0.25) is 0 Å². The molecule has 4 heterocycles. The number of aromatic nitrogens is 5. The van der Waals surface area contributed by atoms with Crippen molar-refractivity contribution in [2.75, 3.05) is 5.32 Å². The lowest BCUT2D eigenvalue weighted by atomic mass is 10.1. The Balaban J connectivity index is 1.52. The van der Waals surface area contributed by atoms with Crippen LogP contribution < -0.4 is 5.32 Å². The van der Waals surface area contributed by atoms with Crippen LogP contribution >= 0.6 is 11.6 Å². The Morgan fingerprint density at radius 3 is 2.66 bits per heavy atom. The zero-order valence-corrected chi connectivity index (χ0v) is 17.8. The third-order valence-electron chi connectivity index (χ3n) is 5.17. The number of hydrogen-bond acceptors (Lipinski definition) is 6. The Morgan fingerprint density at radius 2 is 2.00 bits per heavy atom. The van der Waals surface area contributed by atoms with Gasteiger partial charge in [-0.3, -0.25) is 4.68 Å². The molecule has 9 nitrogen and oxygen atoms in total. The van der Waals surface area contributed by atoms with Crippen molar-refractivity contribution in [1.82, 2.24) is 24.5 Å². The van der Waals surface area contributed by atoms with Gasteiger partial charge in [0.25, 0.3) is 0 Å². The van der Waals surface area contributed by atoms with Crippen LogP contribution in [0.5, 0.6) is 0 Å². The Hall–Kier alpha value is -4.11. The van der Waals surface area contributed by atoms with Crippen LogP contribution in [-0.4, -0.2) is 35.7 Å². The van der Waals surface area contributed by atoms with Crippen LogP contribution in [0.2, 0.25) is 5.02 Å².